The average Bonchev–Trinajstić information content (AvgIpc) is 2.47. The Bertz CT molecular complexity index is 508. The van der Waals surface area contributed by atoms with Gasteiger partial charge in [-0.25, -0.2) is 4.79 Å². The zero-order chi connectivity index (χ0) is 17.0. The van der Waals surface area contributed by atoms with Crippen molar-refractivity contribution in [1.82, 2.24) is 5.32 Å². The predicted octanol–water partition coefficient (Wildman–Crippen LogP) is 4.48. The summed E-state index contributed by atoms with van der Waals surface area (Å²) in [5.74, 6) is 0.766. The maximum absolute atomic E-state index is 12.1. The first-order chi connectivity index (χ1) is 10.8. The van der Waals surface area contributed by atoms with Crippen molar-refractivity contribution in [2.24, 2.45) is 11.3 Å². The number of hydrogen-bond donors (Lipinski definition) is 2. The molecule has 0 saturated heterocycles. The Morgan fingerprint density at radius 3 is 2.09 bits per heavy atom. The molecule has 4 nitrogen and oxygen atoms in total. The SMILES string of the molecule is CN(C)c1ccc(NC(=O)NC2CCC(C(C)(C)C)CC2)cc1. The van der Waals surface area contributed by atoms with Gasteiger partial charge in [-0.2, -0.15) is 0 Å². The highest BCUT2D eigenvalue weighted by atomic mass is 16.2. The van der Waals surface area contributed by atoms with E-state index < -0.39 is 0 Å². The number of rotatable bonds is 3. The largest absolute Gasteiger partial charge is 0.378 e. The van der Waals surface area contributed by atoms with Crippen LogP contribution in [0.4, 0.5) is 16.2 Å². The highest BCUT2D eigenvalue weighted by Crippen LogP contribution is 2.37. The molecule has 0 heterocycles. The molecule has 2 amide bonds. The van der Waals surface area contributed by atoms with E-state index in [1.807, 2.05) is 43.3 Å². The van der Waals surface area contributed by atoms with Crippen LogP contribution in [0.15, 0.2) is 24.3 Å². The molecule has 128 valence electrons. The second-order valence-corrected chi connectivity index (χ2v) is 7.95. The van der Waals surface area contributed by atoms with Crippen molar-refractivity contribution in [3.63, 3.8) is 0 Å². The summed E-state index contributed by atoms with van der Waals surface area (Å²) < 4.78 is 0. The van der Waals surface area contributed by atoms with Crippen LogP contribution in [-0.4, -0.2) is 26.2 Å². The van der Waals surface area contributed by atoms with Gasteiger partial charge in [0, 0.05) is 31.5 Å². The molecule has 0 aliphatic heterocycles. The van der Waals surface area contributed by atoms with E-state index in [1.54, 1.807) is 0 Å². The van der Waals surface area contributed by atoms with Crippen molar-refractivity contribution in [2.75, 3.05) is 24.3 Å². The number of benzene rings is 1. The van der Waals surface area contributed by atoms with Crippen molar-refractivity contribution in [1.29, 1.82) is 0 Å². The van der Waals surface area contributed by atoms with Crippen LogP contribution in [0.5, 0.6) is 0 Å². The second kappa shape index (κ2) is 7.24. The summed E-state index contributed by atoms with van der Waals surface area (Å²) >= 11 is 0. The number of nitrogens with zero attached hydrogens (tertiary/aromatic N) is 1. The Labute approximate surface area is 140 Å². The molecule has 1 fully saturated rings. The van der Waals surface area contributed by atoms with E-state index in [0.29, 0.717) is 11.5 Å². The average molecular weight is 317 g/mol. The topological polar surface area (TPSA) is 44.4 Å². The maximum Gasteiger partial charge on any atom is 0.319 e. The lowest BCUT2D eigenvalue weighted by Gasteiger charge is -2.37. The third-order valence-electron chi connectivity index (χ3n) is 4.93. The van der Waals surface area contributed by atoms with Gasteiger partial charge < -0.3 is 15.5 Å². The molecule has 1 saturated carbocycles. The zero-order valence-electron chi connectivity index (χ0n) is 15.1. The maximum atomic E-state index is 12.1. The summed E-state index contributed by atoms with van der Waals surface area (Å²) in [7, 11) is 4.01. The van der Waals surface area contributed by atoms with Crippen molar-refractivity contribution in [2.45, 2.75) is 52.5 Å². The number of anilines is 2. The summed E-state index contributed by atoms with van der Waals surface area (Å²) in [5.41, 5.74) is 2.33. The van der Waals surface area contributed by atoms with Gasteiger partial charge in [-0.1, -0.05) is 20.8 Å². The summed E-state index contributed by atoms with van der Waals surface area (Å²) in [6.45, 7) is 6.95. The minimum absolute atomic E-state index is 0.0955. The summed E-state index contributed by atoms with van der Waals surface area (Å²) in [4.78, 5) is 14.2. The number of urea groups is 1. The van der Waals surface area contributed by atoms with Gasteiger partial charge in [0.05, 0.1) is 0 Å². The van der Waals surface area contributed by atoms with E-state index in [4.69, 9.17) is 0 Å². The first-order valence-electron chi connectivity index (χ1n) is 8.60. The van der Waals surface area contributed by atoms with Crippen LogP contribution in [-0.2, 0) is 0 Å². The molecule has 2 N–H and O–H groups in total. The molecule has 0 spiro atoms. The van der Waals surface area contributed by atoms with Crippen LogP contribution in [0.2, 0.25) is 0 Å². The van der Waals surface area contributed by atoms with Crippen molar-refractivity contribution in [3.8, 4) is 0 Å². The Kier molecular flexibility index (Phi) is 5.55. The lowest BCUT2D eigenvalue weighted by Crippen LogP contribution is -2.41. The van der Waals surface area contributed by atoms with E-state index in [9.17, 15) is 4.79 Å². The van der Waals surface area contributed by atoms with E-state index in [-0.39, 0.29) is 6.03 Å². The molecule has 0 radical (unpaired) electrons. The van der Waals surface area contributed by atoms with Gasteiger partial charge in [-0.3, -0.25) is 0 Å². The van der Waals surface area contributed by atoms with Crippen molar-refractivity contribution in [3.05, 3.63) is 24.3 Å². The second-order valence-electron chi connectivity index (χ2n) is 7.95. The van der Waals surface area contributed by atoms with Crippen LogP contribution in [0.3, 0.4) is 0 Å². The van der Waals surface area contributed by atoms with Gasteiger partial charge in [-0.15, -0.1) is 0 Å². The molecule has 4 heteroatoms. The van der Waals surface area contributed by atoms with Crippen LogP contribution in [0.1, 0.15) is 46.5 Å². The summed E-state index contributed by atoms with van der Waals surface area (Å²) in [6, 6.07) is 8.09. The summed E-state index contributed by atoms with van der Waals surface area (Å²) in [5, 5.41) is 6.04. The van der Waals surface area contributed by atoms with E-state index in [1.165, 1.54) is 12.8 Å². The van der Waals surface area contributed by atoms with Gasteiger partial charge in [0.15, 0.2) is 0 Å². The van der Waals surface area contributed by atoms with Gasteiger partial charge >= 0.3 is 6.03 Å². The van der Waals surface area contributed by atoms with E-state index in [2.05, 4.69) is 31.4 Å². The smallest absolute Gasteiger partial charge is 0.319 e. The monoisotopic (exact) mass is 317 g/mol. The molecule has 0 unspecified atom stereocenters. The molecular formula is C19H31N3O. The Morgan fingerprint density at radius 2 is 1.61 bits per heavy atom. The zero-order valence-corrected chi connectivity index (χ0v) is 15.1. The third kappa shape index (κ3) is 5.15. The first kappa shape index (κ1) is 17.6. The van der Waals surface area contributed by atoms with Crippen molar-refractivity contribution >= 4 is 17.4 Å². The number of carbonyl (C=O) groups excluding carboxylic acids is 1. The fraction of sp³-hybridized carbons (Fsp3) is 0.632. The van der Waals surface area contributed by atoms with Crippen LogP contribution in [0, 0.1) is 11.3 Å². The lowest BCUT2D eigenvalue weighted by molar-refractivity contribution is 0.161. The quantitative estimate of drug-likeness (QED) is 0.863. The molecular weight excluding hydrogens is 286 g/mol. The molecule has 0 aromatic heterocycles. The fourth-order valence-corrected chi connectivity index (χ4v) is 3.30. The highest BCUT2D eigenvalue weighted by Gasteiger charge is 2.30. The number of amides is 2. The lowest BCUT2D eigenvalue weighted by atomic mass is 9.71. The van der Waals surface area contributed by atoms with E-state index in [0.717, 1.165) is 30.1 Å². The number of hydrogen-bond acceptors (Lipinski definition) is 2. The fourth-order valence-electron chi connectivity index (χ4n) is 3.30. The molecule has 1 aliphatic carbocycles. The van der Waals surface area contributed by atoms with Gasteiger partial charge in [0.2, 0.25) is 0 Å². The Balaban J connectivity index is 1.79. The minimum atomic E-state index is -0.0955. The molecule has 1 aliphatic rings. The molecule has 23 heavy (non-hydrogen) atoms. The number of carbonyl (C=O) groups is 1. The molecule has 1 aromatic carbocycles. The Morgan fingerprint density at radius 1 is 1.04 bits per heavy atom. The summed E-state index contributed by atoms with van der Waals surface area (Å²) in [6.07, 6.45) is 4.56. The third-order valence-corrected chi connectivity index (χ3v) is 4.93. The van der Waals surface area contributed by atoms with Crippen LogP contribution in [0.25, 0.3) is 0 Å². The minimum Gasteiger partial charge on any atom is -0.378 e. The van der Waals surface area contributed by atoms with Gasteiger partial charge in [0.25, 0.3) is 0 Å². The van der Waals surface area contributed by atoms with Crippen molar-refractivity contribution < 1.29 is 4.79 Å². The van der Waals surface area contributed by atoms with E-state index >= 15 is 0 Å². The molecule has 0 bridgehead atoms. The predicted molar refractivity (Wildman–Crippen MR) is 98.1 cm³/mol. The van der Waals surface area contributed by atoms with Crippen LogP contribution >= 0.6 is 0 Å². The molecule has 0 atom stereocenters. The highest BCUT2D eigenvalue weighted by molar-refractivity contribution is 5.89. The Hall–Kier alpha value is -1.71. The molecule has 1 aromatic rings. The van der Waals surface area contributed by atoms with Gasteiger partial charge in [-0.05, 0) is 61.3 Å². The standard InChI is InChI=1S/C19H31N3O/c1-19(2,3)14-6-8-15(9-7-14)20-18(23)21-16-10-12-17(13-11-16)22(4)5/h10-15H,6-9H2,1-5H3,(H2,20,21,23). The van der Waals surface area contributed by atoms with Crippen LogP contribution < -0.4 is 15.5 Å². The molecule has 2 rings (SSSR count). The normalized spacial score (nSPS) is 21.6. The van der Waals surface area contributed by atoms with Gasteiger partial charge in [0.1, 0.15) is 0 Å². The number of nitrogens with one attached hydrogen (secondary N) is 2. The first-order valence-corrected chi connectivity index (χ1v) is 8.60.